The SMILES string of the molecule is CC(C)(C)c1ccc(OC[C@@H](O)C[NH+]2CCN(c3cccc[nH+]3)CC2)cc1. The summed E-state index contributed by atoms with van der Waals surface area (Å²) in [5.41, 5.74) is 1.43. The van der Waals surface area contributed by atoms with Crippen molar-refractivity contribution in [1.29, 1.82) is 0 Å². The third-order valence-corrected chi connectivity index (χ3v) is 5.19. The first-order chi connectivity index (χ1) is 12.9. The summed E-state index contributed by atoms with van der Waals surface area (Å²) < 4.78 is 5.79. The number of pyridine rings is 1. The number of aliphatic hydroxyl groups is 1. The van der Waals surface area contributed by atoms with Crippen LogP contribution in [0.3, 0.4) is 0 Å². The van der Waals surface area contributed by atoms with Gasteiger partial charge in [0, 0.05) is 6.07 Å². The Kier molecular flexibility index (Phi) is 6.34. The molecule has 0 bridgehead atoms. The smallest absolute Gasteiger partial charge is 0.274 e. The molecular formula is C22H33N3O2+2. The van der Waals surface area contributed by atoms with Crippen molar-refractivity contribution in [3.05, 3.63) is 54.2 Å². The number of hydrogen-bond acceptors (Lipinski definition) is 3. The number of nitrogens with one attached hydrogen (secondary N) is 2. The van der Waals surface area contributed by atoms with Gasteiger partial charge in [-0.3, -0.25) is 4.90 Å². The summed E-state index contributed by atoms with van der Waals surface area (Å²) in [6.45, 7) is 11.7. The molecule has 0 radical (unpaired) electrons. The van der Waals surface area contributed by atoms with E-state index >= 15 is 0 Å². The van der Waals surface area contributed by atoms with E-state index in [-0.39, 0.29) is 5.41 Å². The summed E-state index contributed by atoms with van der Waals surface area (Å²) >= 11 is 0. The van der Waals surface area contributed by atoms with Gasteiger partial charge in [-0.1, -0.05) is 39.0 Å². The van der Waals surface area contributed by atoms with Crippen LogP contribution in [-0.4, -0.2) is 50.5 Å². The summed E-state index contributed by atoms with van der Waals surface area (Å²) in [5, 5.41) is 10.4. The molecule has 1 atom stereocenters. The van der Waals surface area contributed by atoms with E-state index in [2.05, 4.69) is 54.9 Å². The van der Waals surface area contributed by atoms with Crippen LogP contribution in [-0.2, 0) is 5.41 Å². The lowest BCUT2D eigenvalue weighted by molar-refractivity contribution is -0.903. The lowest BCUT2D eigenvalue weighted by Crippen LogP contribution is -3.16. The van der Waals surface area contributed by atoms with Crippen molar-refractivity contribution in [3.8, 4) is 5.75 Å². The number of quaternary nitrogens is 1. The highest BCUT2D eigenvalue weighted by Gasteiger charge is 2.27. The third kappa shape index (κ3) is 5.68. The van der Waals surface area contributed by atoms with E-state index in [1.54, 1.807) is 0 Å². The van der Waals surface area contributed by atoms with Crippen molar-refractivity contribution >= 4 is 5.82 Å². The van der Waals surface area contributed by atoms with Crippen LogP contribution in [0.2, 0.25) is 0 Å². The Labute approximate surface area is 162 Å². The van der Waals surface area contributed by atoms with Gasteiger partial charge < -0.3 is 14.7 Å². The third-order valence-electron chi connectivity index (χ3n) is 5.19. The van der Waals surface area contributed by atoms with Crippen molar-refractivity contribution in [3.63, 3.8) is 0 Å². The minimum absolute atomic E-state index is 0.140. The molecule has 3 N–H and O–H groups in total. The van der Waals surface area contributed by atoms with Gasteiger partial charge in [-0.15, -0.1) is 0 Å². The number of hydrogen-bond donors (Lipinski definition) is 2. The zero-order valence-electron chi connectivity index (χ0n) is 16.7. The van der Waals surface area contributed by atoms with Gasteiger partial charge in [0.15, 0.2) is 0 Å². The van der Waals surface area contributed by atoms with Crippen molar-refractivity contribution in [2.45, 2.75) is 32.3 Å². The van der Waals surface area contributed by atoms with Gasteiger partial charge in [0.2, 0.25) is 0 Å². The summed E-state index contributed by atoms with van der Waals surface area (Å²) in [4.78, 5) is 7.09. The van der Waals surface area contributed by atoms with Crippen LogP contribution >= 0.6 is 0 Å². The molecule has 3 rings (SSSR count). The van der Waals surface area contributed by atoms with E-state index in [0.29, 0.717) is 6.61 Å². The first kappa shape index (κ1) is 19.6. The molecule has 146 valence electrons. The second-order valence-corrected chi connectivity index (χ2v) is 8.43. The molecule has 5 heteroatoms. The molecule has 0 amide bonds. The second kappa shape index (κ2) is 8.72. The molecule has 0 saturated carbocycles. The van der Waals surface area contributed by atoms with Crippen LogP contribution in [0.15, 0.2) is 48.7 Å². The monoisotopic (exact) mass is 371 g/mol. The maximum absolute atomic E-state index is 10.4. The van der Waals surface area contributed by atoms with E-state index in [1.165, 1.54) is 16.3 Å². The Hall–Kier alpha value is -2.11. The Morgan fingerprint density at radius 2 is 1.81 bits per heavy atom. The summed E-state index contributed by atoms with van der Waals surface area (Å²) in [6.07, 6.45) is 1.51. The minimum atomic E-state index is -0.447. The minimum Gasteiger partial charge on any atom is -0.491 e. The molecule has 1 aliphatic heterocycles. The van der Waals surface area contributed by atoms with Gasteiger partial charge in [-0.25, -0.2) is 4.98 Å². The first-order valence-electron chi connectivity index (χ1n) is 9.88. The molecule has 0 aliphatic carbocycles. The number of piperazine rings is 1. The van der Waals surface area contributed by atoms with E-state index in [9.17, 15) is 5.11 Å². The molecule has 1 fully saturated rings. The van der Waals surface area contributed by atoms with Crippen LogP contribution < -0.4 is 19.5 Å². The fourth-order valence-electron chi connectivity index (χ4n) is 3.48. The van der Waals surface area contributed by atoms with Crippen LogP contribution in [0.25, 0.3) is 0 Å². The van der Waals surface area contributed by atoms with E-state index < -0.39 is 6.10 Å². The number of aromatic amines is 1. The Morgan fingerprint density at radius 3 is 2.41 bits per heavy atom. The average Bonchev–Trinajstić information content (AvgIpc) is 2.67. The quantitative estimate of drug-likeness (QED) is 0.795. The standard InChI is InChI=1S/C22H31N3O2/c1-22(2,3)18-7-9-20(10-8-18)27-17-19(26)16-24-12-14-25(15-13-24)21-6-4-5-11-23-21/h4-11,19,26H,12-17H2,1-3H3/p+2/t19-/m0/s1. The predicted molar refractivity (Wildman–Crippen MR) is 107 cm³/mol. The van der Waals surface area contributed by atoms with Crippen LogP contribution in [0.5, 0.6) is 5.75 Å². The maximum Gasteiger partial charge on any atom is 0.274 e. The number of H-pyrrole nitrogens is 1. The Bertz CT molecular complexity index is 690. The van der Waals surface area contributed by atoms with Gasteiger partial charge in [-0.05, 0) is 29.2 Å². The zero-order chi connectivity index (χ0) is 19.3. The number of anilines is 1. The maximum atomic E-state index is 10.4. The van der Waals surface area contributed by atoms with Crippen molar-refractivity contribution in [2.24, 2.45) is 0 Å². The molecule has 1 aliphatic rings. The normalized spacial score (nSPS) is 17.0. The molecule has 1 saturated heterocycles. The molecule has 1 aromatic carbocycles. The fourth-order valence-corrected chi connectivity index (χ4v) is 3.48. The molecule has 1 aromatic heterocycles. The van der Waals surface area contributed by atoms with Gasteiger partial charge in [0.25, 0.3) is 5.82 Å². The molecule has 27 heavy (non-hydrogen) atoms. The Balaban J connectivity index is 1.40. The summed E-state index contributed by atoms with van der Waals surface area (Å²) in [7, 11) is 0. The van der Waals surface area contributed by atoms with Crippen molar-refractivity contribution in [2.75, 3.05) is 44.2 Å². The topological polar surface area (TPSA) is 51.3 Å². The summed E-state index contributed by atoms with van der Waals surface area (Å²) in [5.74, 6) is 1.99. The fraction of sp³-hybridized carbons (Fsp3) is 0.500. The van der Waals surface area contributed by atoms with Crippen LogP contribution in [0, 0.1) is 0 Å². The molecule has 0 spiro atoms. The molecule has 2 heterocycles. The van der Waals surface area contributed by atoms with Gasteiger partial charge in [-0.2, -0.15) is 0 Å². The van der Waals surface area contributed by atoms with Gasteiger partial charge in [0.1, 0.15) is 51.2 Å². The number of ether oxygens (including phenoxy) is 1. The second-order valence-electron chi connectivity index (χ2n) is 8.43. The molecular weight excluding hydrogens is 338 g/mol. The zero-order valence-corrected chi connectivity index (χ0v) is 16.7. The molecule has 0 unspecified atom stereocenters. The van der Waals surface area contributed by atoms with Gasteiger partial charge >= 0.3 is 0 Å². The van der Waals surface area contributed by atoms with E-state index in [4.69, 9.17) is 4.74 Å². The highest BCUT2D eigenvalue weighted by Crippen LogP contribution is 2.24. The lowest BCUT2D eigenvalue weighted by Gasteiger charge is -2.29. The lowest BCUT2D eigenvalue weighted by atomic mass is 9.87. The number of aliphatic hydroxyl groups excluding tert-OH is 1. The molecule has 2 aromatic rings. The van der Waals surface area contributed by atoms with Crippen LogP contribution in [0.1, 0.15) is 26.3 Å². The number of nitrogens with zero attached hydrogens (tertiary/aromatic N) is 1. The summed E-state index contributed by atoms with van der Waals surface area (Å²) in [6, 6.07) is 14.4. The highest BCUT2D eigenvalue weighted by atomic mass is 16.5. The number of rotatable bonds is 6. The predicted octanol–water partition coefficient (Wildman–Crippen LogP) is 0.943. The first-order valence-corrected chi connectivity index (χ1v) is 9.88. The Morgan fingerprint density at radius 1 is 1.11 bits per heavy atom. The van der Waals surface area contributed by atoms with Crippen LogP contribution in [0.4, 0.5) is 5.82 Å². The van der Waals surface area contributed by atoms with Gasteiger partial charge in [0.05, 0.1) is 6.20 Å². The largest absolute Gasteiger partial charge is 0.491 e. The van der Waals surface area contributed by atoms with Crippen molar-refractivity contribution < 1.29 is 19.7 Å². The molecule has 5 nitrogen and oxygen atoms in total. The number of benzene rings is 1. The highest BCUT2D eigenvalue weighted by molar-refractivity contribution is 5.32. The average molecular weight is 372 g/mol. The van der Waals surface area contributed by atoms with E-state index in [0.717, 1.165) is 38.5 Å². The van der Waals surface area contributed by atoms with Crippen molar-refractivity contribution in [1.82, 2.24) is 0 Å². The van der Waals surface area contributed by atoms with E-state index in [1.807, 2.05) is 24.4 Å². The number of aromatic nitrogens is 1.